The highest BCUT2D eigenvalue weighted by Crippen LogP contribution is 2.36. The summed E-state index contributed by atoms with van der Waals surface area (Å²) in [6, 6.07) is 0. The molecule has 0 aliphatic heterocycles. The minimum Gasteiger partial charge on any atom is -0.662 e. The summed E-state index contributed by atoms with van der Waals surface area (Å²) in [4.78, 5) is 23.7. The van der Waals surface area contributed by atoms with E-state index in [2.05, 4.69) is 11.9 Å². The fraction of sp³-hybridized carbons (Fsp3) is 0.765. The Kier molecular flexibility index (Phi) is 8.17. The molecule has 0 aromatic heterocycles. The van der Waals surface area contributed by atoms with Gasteiger partial charge in [0.05, 0.1) is 13.0 Å². The maximum atomic E-state index is 12.1. The van der Waals surface area contributed by atoms with Crippen molar-refractivity contribution in [3.63, 3.8) is 0 Å². The number of rotatable bonds is 10. The van der Waals surface area contributed by atoms with Crippen molar-refractivity contribution in [2.75, 3.05) is 19.7 Å². The third-order valence-electron chi connectivity index (χ3n) is 4.06. The molecule has 22 heavy (non-hydrogen) atoms. The Labute approximate surface area is 133 Å². The summed E-state index contributed by atoms with van der Waals surface area (Å²) in [7, 11) is 0. The average Bonchev–Trinajstić information content (AvgIpc) is 2.96. The molecule has 1 aliphatic carbocycles. The zero-order valence-electron chi connectivity index (χ0n) is 13.9. The molecule has 0 spiro atoms. The molecule has 0 bridgehead atoms. The van der Waals surface area contributed by atoms with Gasteiger partial charge >= 0.3 is 11.9 Å². The van der Waals surface area contributed by atoms with Crippen LogP contribution < -0.4 is 0 Å². The molecule has 0 saturated heterocycles. The second kappa shape index (κ2) is 9.62. The van der Waals surface area contributed by atoms with Crippen LogP contribution in [-0.4, -0.2) is 37.2 Å². The van der Waals surface area contributed by atoms with Crippen LogP contribution in [0.5, 0.6) is 0 Å². The first kappa shape index (κ1) is 18.7. The van der Waals surface area contributed by atoms with Crippen molar-refractivity contribution in [3.05, 3.63) is 17.5 Å². The highest BCUT2D eigenvalue weighted by molar-refractivity contribution is 5.93. The molecule has 1 rings (SSSR count). The molecule has 1 fully saturated rings. The first-order valence-electron chi connectivity index (χ1n) is 8.23. The van der Waals surface area contributed by atoms with Gasteiger partial charge in [-0.2, -0.15) is 6.54 Å². The van der Waals surface area contributed by atoms with E-state index in [1.807, 2.05) is 13.8 Å². The van der Waals surface area contributed by atoms with Gasteiger partial charge in [-0.05, 0) is 38.5 Å². The van der Waals surface area contributed by atoms with Crippen LogP contribution in [0.15, 0.2) is 12.2 Å². The van der Waals surface area contributed by atoms with Gasteiger partial charge in [0.25, 0.3) is 0 Å². The van der Waals surface area contributed by atoms with E-state index in [4.69, 9.17) is 9.47 Å². The molecule has 0 atom stereocenters. The quantitative estimate of drug-likeness (QED) is 0.352. The number of carbonyl (C=O) groups is 2. The molecule has 1 aliphatic rings. The first-order valence-corrected chi connectivity index (χ1v) is 8.23. The van der Waals surface area contributed by atoms with Crippen LogP contribution in [0.3, 0.4) is 0 Å². The lowest BCUT2D eigenvalue weighted by atomic mass is 9.98. The monoisotopic (exact) mass is 310 g/mol. The molecular weight excluding hydrogens is 282 g/mol. The van der Waals surface area contributed by atoms with Gasteiger partial charge in [-0.3, -0.25) is 4.79 Å². The Morgan fingerprint density at radius 3 is 2.50 bits per heavy atom. The Hall–Kier alpha value is -1.36. The Balaban J connectivity index is 2.28. The number of esters is 2. The molecular formula is C17H28NO4-. The molecule has 0 heterocycles. The summed E-state index contributed by atoms with van der Waals surface area (Å²) < 4.78 is 10.7. The normalized spacial score (nSPS) is 16.3. The van der Waals surface area contributed by atoms with E-state index in [-0.39, 0.29) is 17.6 Å². The SMILES string of the molecule is C=C(CC(=O)OCCC[N-]CC)C(=O)OC1(CC)CCCC1. The Morgan fingerprint density at radius 1 is 1.23 bits per heavy atom. The van der Waals surface area contributed by atoms with E-state index in [0.29, 0.717) is 19.6 Å². The van der Waals surface area contributed by atoms with Crippen LogP contribution in [-0.2, 0) is 19.1 Å². The molecule has 0 aromatic rings. The van der Waals surface area contributed by atoms with Crippen LogP contribution >= 0.6 is 0 Å². The minimum absolute atomic E-state index is 0.108. The molecule has 1 saturated carbocycles. The summed E-state index contributed by atoms with van der Waals surface area (Å²) in [5.41, 5.74) is -0.186. The molecule has 0 amide bonds. The van der Waals surface area contributed by atoms with E-state index in [1.54, 1.807) is 0 Å². The number of ether oxygens (including phenoxy) is 2. The van der Waals surface area contributed by atoms with Gasteiger partial charge in [0, 0.05) is 5.57 Å². The Morgan fingerprint density at radius 2 is 1.91 bits per heavy atom. The zero-order chi connectivity index (χ0) is 16.4. The minimum atomic E-state index is -0.471. The van der Waals surface area contributed by atoms with Crippen LogP contribution in [0.2, 0.25) is 0 Å². The van der Waals surface area contributed by atoms with Gasteiger partial charge in [0.1, 0.15) is 5.60 Å². The molecule has 0 aromatic carbocycles. The van der Waals surface area contributed by atoms with Gasteiger partial charge in [0.2, 0.25) is 0 Å². The number of carbonyl (C=O) groups excluding carboxylic acids is 2. The van der Waals surface area contributed by atoms with E-state index >= 15 is 0 Å². The largest absolute Gasteiger partial charge is 0.662 e. The van der Waals surface area contributed by atoms with Crippen molar-refractivity contribution < 1.29 is 19.1 Å². The standard InChI is InChI=1S/C17H28NO4/c1-4-17(9-6-7-10-17)22-16(20)14(3)13-15(19)21-12-8-11-18-5-2/h3-13H2,1-2H3/q-1. The van der Waals surface area contributed by atoms with Crippen molar-refractivity contribution in [1.82, 2.24) is 0 Å². The van der Waals surface area contributed by atoms with Gasteiger partial charge in [0.15, 0.2) is 0 Å². The molecule has 5 heteroatoms. The maximum absolute atomic E-state index is 12.1. The predicted octanol–water partition coefficient (Wildman–Crippen LogP) is 3.53. The van der Waals surface area contributed by atoms with Crippen molar-refractivity contribution in [1.29, 1.82) is 0 Å². The van der Waals surface area contributed by atoms with E-state index in [0.717, 1.165) is 38.6 Å². The lowest BCUT2D eigenvalue weighted by Gasteiger charge is -2.28. The van der Waals surface area contributed by atoms with Crippen LogP contribution in [0.1, 0.15) is 58.8 Å². The first-order chi connectivity index (χ1) is 10.5. The molecule has 0 radical (unpaired) electrons. The average molecular weight is 310 g/mol. The van der Waals surface area contributed by atoms with Crippen LogP contribution in [0.4, 0.5) is 0 Å². The van der Waals surface area contributed by atoms with Gasteiger partial charge in [-0.25, -0.2) is 4.79 Å². The number of hydrogen-bond acceptors (Lipinski definition) is 4. The second-order valence-electron chi connectivity index (χ2n) is 5.75. The van der Waals surface area contributed by atoms with Gasteiger partial charge < -0.3 is 14.8 Å². The van der Waals surface area contributed by atoms with E-state index in [9.17, 15) is 9.59 Å². The zero-order valence-corrected chi connectivity index (χ0v) is 13.9. The van der Waals surface area contributed by atoms with E-state index in [1.165, 1.54) is 0 Å². The van der Waals surface area contributed by atoms with Crippen LogP contribution in [0.25, 0.3) is 5.32 Å². The summed E-state index contributed by atoms with van der Waals surface area (Å²) >= 11 is 0. The van der Waals surface area contributed by atoms with Crippen LogP contribution in [0, 0.1) is 0 Å². The molecule has 0 unspecified atom stereocenters. The number of nitrogens with zero attached hydrogens (tertiary/aromatic N) is 1. The van der Waals surface area contributed by atoms with Crippen molar-refractivity contribution in [3.8, 4) is 0 Å². The lowest BCUT2D eigenvalue weighted by Crippen LogP contribution is -2.32. The fourth-order valence-electron chi connectivity index (χ4n) is 2.63. The maximum Gasteiger partial charge on any atom is 0.334 e. The summed E-state index contributed by atoms with van der Waals surface area (Å²) in [5, 5.41) is 4.15. The number of hydrogen-bond donors (Lipinski definition) is 0. The van der Waals surface area contributed by atoms with Gasteiger partial charge in [-0.1, -0.05) is 20.4 Å². The summed E-state index contributed by atoms with van der Waals surface area (Å²) in [6.45, 7) is 9.44. The highest BCUT2D eigenvalue weighted by atomic mass is 16.6. The predicted molar refractivity (Wildman–Crippen MR) is 85.7 cm³/mol. The fourth-order valence-corrected chi connectivity index (χ4v) is 2.63. The summed E-state index contributed by atoms with van der Waals surface area (Å²) in [5.74, 6) is -0.905. The van der Waals surface area contributed by atoms with Gasteiger partial charge in [-0.15, -0.1) is 6.54 Å². The molecule has 0 N–H and O–H groups in total. The Bertz CT molecular complexity index is 386. The third kappa shape index (κ3) is 6.18. The molecule has 5 nitrogen and oxygen atoms in total. The third-order valence-corrected chi connectivity index (χ3v) is 4.06. The second-order valence-corrected chi connectivity index (χ2v) is 5.75. The lowest BCUT2D eigenvalue weighted by molar-refractivity contribution is -0.156. The smallest absolute Gasteiger partial charge is 0.334 e. The van der Waals surface area contributed by atoms with E-state index < -0.39 is 11.9 Å². The molecule has 126 valence electrons. The van der Waals surface area contributed by atoms with Crippen molar-refractivity contribution in [2.45, 2.75) is 64.4 Å². The topological polar surface area (TPSA) is 66.7 Å². The van der Waals surface area contributed by atoms with Crippen molar-refractivity contribution >= 4 is 11.9 Å². The van der Waals surface area contributed by atoms with Crippen molar-refractivity contribution in [2.24, 2.45) is 0 Å². The summed E-state index contributed by atoms with van der Waals surface area (Å²) in [6.07, 6.45) is 5.36. The highest BCUT2D eigenvalue weighted by Gasteiger charge is 2.36.